The minimum absolute atomic E-state index is 0.0647. The maximum absolute atomic E-state index is 10.8. The van der Waals surface area contributed by atoms with Crippen LogP contribution in [0, 0.1) is 0 Å². The van der Waals surface area contributed by atoms with Crippen LogP contribution in [0.4, 0.5) is 0 Å². The van der Waals surface area contributed by atoms with Crippen LogP contribution in [0.25, 0.3) is 0 Å². The third-order valence-electron chi connectivity index (χ3n) is 3.38. The molecule has 0 amide bonds. The predicted molar refractivity (Wildman–Crippen MR) is 74.5 cm³/mol. The Balaban J connectivity index is 4.68. The van der Waals surface area contributed by atoms with E-state index in [0.29, 0.717) is 0 Å². The van der Waals surface area contributed by atoms with Crippen LogP contribution in [0.1, 0.15) is 27.2 Å². The van der Waals surface area contributed by atoms with Crippen LogP contribution < -0.4 is 0 Å². The van der Waals surface area contributed by atoms with E-state index in [2.05, 4.69) is 33.4 Å². The van der Waals surface area contributed by atoms with Crippen LogP contribution in [0.5, 0.6) is 0 Å². The standard InChI is InChI=1S/C8H21B4NO2/c1-7(2,3)13(12)6(9)8(10,11)4-5(14)15/h6H,4,9-12H2,1-3H3,(H,14,15). The maximum Gasteiger partial charge on any atom is 0.302 e. The van der Waals surface area contributed by atoms with Crippen molar-refractivity contribution >= 4 is 37.5 Å². The summed E-state index contributed by atoms with van der Waals surface area (Å²) in [7, 11) is 8.16. The third-order valence-corrected chi connectivity index (χ3v) is 3.38. The molecule has 15 heavy (non-hydrogen) atoms. The predicted octanol–water partition coefficient (Wildman–Crippen LogP) is -2.55. The van der Waals surface area contributed by atoms with Gasteiger partial charge in [-0.3, -0.25) is 4.79 Å². The number of nitrogens with zero attached hydrogens (tertiary/aromatic N) is 1. The first kappa shape index (κ1) is 14.7. The lowest BCUT2D eigenvalue weighted by Gasteiger charge is -2.45. The minimum Gasteiger partial charge on any atom is -0.481 e. The van der Waals surface area contributed by atoms with Gasteiger partial charge in [0, 0.05) is 12.0 Å². The Morgan fingerprint density at radius 3 is 2.07 bits per heavy atom. The summed E-state index contributed by atoms with van der Waals surface area (Å²) in [5, 5.41) is 8.65. The molecule has 0 aliphatic carbocycles. The van der Waals surface area contributed by atoms with Crippen LogP contribution in [0.15, 0.2) is 0 Å². The molecule has 0 rings (SSSR count). The van der Waals surface area contributed by atoms with E-state index in [0.717, 1.165) is 0 Å². The molecule has 82 valence electrons. The molecule has 0 spiro atoms. The first-order valence-electron chi connectivity index (χ1n) is 5.43. The smallest absolute Gasteiger partial charge is 0.302 e. The number of carboxylic acids is 1. The fourth-order valence-corrected chi connectivity index (χ4v) is 1.64. The lowest BCUT2D eigenvalue weighted by atomic mass is 9.44. The molecule has 1 unspecified atom stereocenters. The van der Waals surface area contributed by atoms with Gasteiger partial charge in [0.15, 0.2) is 7.98 Å². The van der Waals surface area contributed by atoms with Crippen molar-refractivity contribution in [2.75, 3.05) is 0 Å². The molecule has 0 fully saturated rings. The summed E-state index contributed by atoms with van der Waals surface area (Å²) in [5.74, 6) is -0.497. The highest BCUT2D eigenvalue weighted by Crippen LogP contribution is 2.30. The normalized spacial score (nSPS) is 15.2. The average Bonchev–Trinajstić information content (AvgIpc) is 1.97. The van der Waals surface area contributed by atoms with Gasteiger partial charge in [-0.15, -0.1) is 0 Å². The molecule has 0 aromatic carbocycles. The summed E-state index contributed by atoms with van der Waals surface area (Å²) in [6.45, 7) is 6.42. The molecule has 1 atom stereocenters. The van der Waals surface area contributed by atoms with E-state index in [1.807, 2.05) is 23.7 Å². The van der Waals surface area contributed by atoms with Gasteiger partial charge in [0.1, 0.15) is 23.5 Å². The molecule has 7 heteroatoms. The fraction of sp³-hybridized carbons (Fsp3) is 0.875. The second-order valence-electron chi connectivity index (χ2n) is 6.02. The van der Waals surface area contributed by atoms with Crippen molar-refractivity contribution < 1.29 is 9.90 Å². The molecule has 3 nitrogen and oxygen atoms in total. The molecule has 0 saturated carbocycles. The van der Waals surface area contributed by atoms with Crippen molar-refractivity contribution in [2.24, 2.45) is 0 Å². The highest BCUT2D eigenvalue weighted by molar-refractivity contribution is 6.45. The van der Waals surface area contributed by atoms with E-state index < -0.39 is 5.97 Å². The number of aliphatic carboxylic acids is 1. The molecule has 0 aliphatic heterocycles. The topological polar surface area (TPSA) is 40.5 Å². The van der Waals surface area contributed by atoms with Crippen LogP contribution in [-0.2, 0) is 4.79 Å². The minimum atomic E-state index is -0.728. The van der Waals surface area contributed by atoms with Crippen molar-refractivity contribution in [3.63, 3.8) is 0 Å². The van der Waals surface area contributed by atoms with E-state index in [9.17, 15) is 4.79 Å². The van der Waals surface area contributed by atoms with Crippen molar-refractivity contribution in [3.05, 3.63) is 0 Å². The SMILES string of the molecule is BC(N(B)C(C)(C)C)C(B)(B)CC(=O)O. The van der Waals surface area contributed by atoms with Crippen LogP contribution in [-0.4, -0.2) is 58.9 Å². The number of hydrogen-bond donors (Lipinski definition) is 1. The largest absolute Gasteiger partial charge is 0.481 e. The first-order valence-corrected chi connectivity index (χ1v) is 5.43. The Morgan fingerprint density at radius 2 is 1.80 bits per heavy atom. The Labute approximate surface area is 96.6 Å². The Hall–Kier alpha value is -0.310. The average molecular weight is 207 g/mol. The van der Waals surface area contributed by atoms with Gasteiger partial charge in [0.05, 0.1) is 0 Å². The first-order chi connectivity index (χ1) is 6.48. The lowest BCUT2D eigenvalue weighted by molar-refractivity contribution is -0.137. The Kier molecular flexibility index (Phi) is 4.59. The van der Waals surface area contributed by atoms with E-state index in [1.54, 1.807) is 0 Å². The molecule has 0 aromatic rings. The summed E-state index contributed by atoms with van der Waals surface area (Å²) in [4.78, 5) is 13.0. The van der Waals surface area contributed by atoms with Gasteiger partial charge in [-0.25, -0.2) is 0 Å². The van der Waals surface area contributed by atoms with E-state index >= 15 is 0 Å². The van der Waals surface area contributed by atoms with Gasteiger partial charge >= 0.3 is 5.97 Å². The van der Waals surface area contributed by atoms with Gasteiger partial charge in [-0.1, -0.05) is 5.21 Å². The zero-order valence-corrected chi connectivity index (χ0v) is 11.1. The molecule has 0 saturated heterocycles. The molecule has 0 aromatic heterocycles. The lowest BCUT2D eigenvalue weighted by Crippen LogP contribution is -2.53. The molecule has 0 radical (unpaired) electrons. The third kappa shape index (κ3) is 4.37. The molecular weight excluding hydrogens is 185 g/mol. The number of carbonyl (C=O) groups is 1. The molecule has 1 N–H and O–H groups in total. The zero-order valence-electron chi connectivity index (χ0n) is 11.1. The van der Waals surface area contributed by atoms with E-state index in [1.165, 1.54) is 0 Å². The Morgan fingerprint density at radius 1 is 1.40 bits per heavy atom. The number of hydrogen-bond acceptors (Lipinski definition) is 2. The van der Waals surface area contributed by atoms with Crippen molar-refractivity contribution in [1.29, 1.82) is 0 Å². The second kappa shape index (κ2) is 4.69. The Bertz CT molecular complexity index is 239. The van der Waals surface area contributed by atoms with Crippen molar-refractivity contribution in [3.8, 4) is 0 Å². The van der Waals surface area contributed by atoms with E-state index in [4.69, 9.17) is 5.11 Å². The van der Waals surface area contributed by atoms with Gasteiger partial charge in [-0.05, 0) is 26.7 Å². The zero-order chi connectivity index (χ0) is 12.4. The maximum atomic E-state index is 10.8. The van der Waals surface area contributed by atoms with Crippen LogP contribution in [0.2, 0.25) is 5.21 Å². The van der Waals surface area contributed by atoms with Crippen molar-refractivity contribution in [2.45, 2.75) is 43.9 Å². The summed E-state index contributed by atoms with van der Waals surface area (Å²) in [6.07, 6.45) is 0.203. The van der Waals surface area contributed by atoms with E-state index in [-0.39, 0.29) is 23.1 Å². The number of rotatable bonds is 4. The molecule has 0 aliphatic rings. The summed E-state index contributed by atoms with van der Waals surface area (Å²) >= 11 is 0. The molecular formula is C8H21B4NO2. The summed E-state index contributed by atoms with van der Waals surface area (Å²) in [5.41, 5.74) is 0.0647. The fourth-order valence-electron chi connectivity index (χ4n) is 1.64. The quantitative estimate of drug-likeness (QED) is 0.515. The molecule has 0 heterocycles. The monoisotopic (exact) mass is 207 g/mol. The van der Waals surface area contributed by atoms with Crippen LogP contribution in [0.3, 0.4) is 0 Å². The van der Waals surface area contributed by atoms with Crippen molar-refractivity contribution in [1.82, 2.24) is 4.81 Å². The van der Waals surface area contributed by atoms with Gasteiger partial charge in [0.2, 0.25) is 0 Å². The summed E-state index contributed by atoms with van der Waals surface area (Å²) < 4.78 is 0. The second-order valence-corrected chi connectivity index (χ2v) is 6.02. The van der Waals surface area contributed by atoms with Gasteiger partial charge < -0.3 is 9.92 Å². The summed E-state index contributed by atoms with van der Waals surface area (Å²) in [6, 6.07) is 0. The highest BCUT2D eigenvalue weighted by atomic mass is 16.4. The number of carboxylic acid groups (broad SMARTS) is 1. The van der Waals surface area contributed by atoms with Gasteiger partial charge in [0.25, 0.3) is 0 Å². The van der Waals surface area contributed by atoms with Gasteiger partial charge in [-0.2, -0.15) is 0 Å². The van der Waals surface area contributed by atoms with Crippen LogP contribution >= 0.6 is 0 Å². The molecule has 0 bridgehead atoms. The highest BCUT2D eigenvalue weighted by Gasteiger charge is 2.34.